The normalized spacial score (nSPS) is 30.8. The average molecular weight is 382 g/mol. The van der Waals surface area contributed by atoms with E-state index in [1.807, 2.05) is 0 Å². The zero-order valence-electron chi connectivity index (χ0n) is 18.4. The number of rotatable bonds is 3. The first-order valence-electron chi connectivity index (χ1n) is 12.0. The third kappa shape index (κ3) is 3.25. The summed E-state index contributed by atoms with van der Waals surface area (Å²) in [6.45, 7) is 11.5. The van der Waals surface area contributed by atoms with E-state index in [2.05, 4.69) is 31.7 Å². The van der Waals surface area contributed by atoms with Crippen molar-refractivity contribution < 1.29 is 4.74 Å². The molecule has 1 aromatic rings. The molecule has 4 fully saturated rings. The van der Waals surface area contributed by atoms with Crippen LogP contribution in [0.25, 0.3) is 0 Å². The molecule has 2 aliphatic carbocycles. The van der Waals surface area contributed by atoms with Crippen LogP contribution in [0.2, 0.25) is 0 Å². The van der Waals surface area contributed by atoms with Crippen molar-refractivity contribution in [3.8, 4) is 0 Å². The van der Waals surface area contributed by atoms with Gasteiger partial charge >= 0.3 is 0 Å². The molecule has 0 aromatic heterocycles. The first kappa shape index (κ1) is 19.1. The molecule has 28 heavy (non-hydrogen) atoms. The Kier molecular flexibility index (Phi) is 5.08. The highest BCUT2D eigenvalue weighted by Crippen LogP contribution is 2.54. The van der Waals surface area contributed by atoms with Crippen molar-refractivity contribution in [3.63, 3.8) is 0 Å². The molecule has 2 saturated heterocycles. The van der Waals surface area contributed by atoms with Gasteiger partial charge in [-0.3, -0.25) is 0 Å². The van der Waals surface area contributed by atoms with Crippen molar-refractivity contribution in [2.24, 2.45) is 5.41 Å². The summed E-state index contributed by atoms with van der Waals surface area (Å²) in [5.41, 5.74) is 8.66. The van der Waals surface area contributed by atoms with Gasteiger partial charge < -0.3 is 9.64 Å². The second-order valence-corrected chi connectivity index (χ2v) is 10.6. The topological polar surface area (TPSA) is 12.5 Å². The zero-order valence-corrected chi connectivity index (χ0v) is 18.4. The number of hydrogen-bond donors (Lipinski definition) is 0. The maximum Gasteiger partial charge on any atom is 0.0535 e. The summed E-state index contributed by atoms with van der Waals surface area (Å²) in [5.74, 6) is 1.38. The average Bonchev–Trinajstić information content (AvgIpc) is 3.36. The van der Waals surface area contributed by atoms with Crippen LogP contribution in [-0.2, 0) is 4.74 Å². The standard InChI is InChI=1S/C26H39NO/c1-18-15-24(25(20(3)19(18)2)22-8-14-28-17-22)21-6-12-27(13-7-21)23-5-11-26(16-23)9-4-10-26/h15,21-23H,4-14,16-17H2,1-3H3/t22?,23-/m1/s1. The van der Waals surface area contributed by atoms with Crippen molar-refractivity contribution >= 4 is 0 Å². The molecular weight excluding hydrogens is 342 g/mol. The van der Waals surface area contributed by atoms with Gasteiger partial charge in [-0.15, -0.1) is 0 Å². The first-order chi connectivity index (χ1) is 13.6. The molecule has 2 nitrogen and oxygen atoms in total. The van der Waals surface area contributed by atoms with E-state index >= 15 is 0 Å². The molecule has 0 amide bonds. The van der Waals surface area contributed by atoms with E-state index in [-0.39, 0.29) is 0 Å². The summed E-state index contributed by atoms with van der Waals surface area (Å²) in [6, 6.07) is 3.44. The molecule has 0 bridgehead atoms. The van der Waals surface area contributed by atoms with Gasteiger partial charge in [-0.2, -0.15) is 0 Å². The predicted molar refractivity (Wildman–Crippen MR) is 116 cm³/mol. The van der Waals surface area contributed by atoms with Crippen LogP contribution >= 0.6 is 0 Å². The van der Waals surface area contributed by atoms with Gasteiger partial charge in [0.25, 0.3) is 0 Å². The fourth-order valence-corrected chi connectivity index (χ4v) is 6.97. The van der Waals surface area contributed by atoms with E-state index in [1.165, 1.54) is 82.0 Å². The van der Waals surface area contributed by atoms with Crippen molar-refractivity contribution in [2.75, 3.05) is 26.3 Å². The molecule has 2 saturated carbocycles. The van der Waals surface area contributed by atoms with Crippen LogP contribution < -0.4 is 0 Å². The smallest absolute Gasteiger partial charge is 0.0535 e. The van der Waals surface area contributed by atoms with Gasteiger partial charge in [-0.1, -0.05) is 12.5 Å². The molecule has 2 aliphatic heterocycles. The molecule has 2 heteroatoms. The molecule has 154 valence electrons. The summed E-state index contributed by atoms with van der Waals surface area (Å²) in [5, 5.41) is 0. The second-order valence-electron chi connectivity index (χ2n) is 10.6. The number of aryl methyl sites for hydroxylation is 1. The third-order valence-electron chi connectivity index (χ3n) is 9.16. The number of piperidine rings is 1. The molecule has 4 aliphatic rings. The van der Waals surface area contributed by atoms with Crippen LogP contribution in [0.3, 0.4) is 0 Å². The maximum atomic E-state index is 5.79. The number of benzene rings is 1. The quantitative estimate of drug-likeness (QED) is 0.635. The van der Waals surface area contributed by atoms with Crippen LogP contribution in [0.5, 0.6) is 0 Å². The van der Waals surface area contributed by atoms with Crippen LogP contribution in [0.1, 0.15) is 97.4 Å². The van der Waals surface area contributed by atoms with Crippen molar-refractivity contribution in [1.82, 2.24) is 4.90 Å². The molecule has 1 spiro atoms. The first-order valence-corrected chi connectivity index (χ1v) is 12.0. The van der Waals surface area contributed by atoms with Crippen molar-refractivity contribution in [1.29, 1.82) is 0 Å². The summed E-state index contributed by atoms with van der Waals surface area (Å²) < 4.78 is 5.79. The predicted octanol–water partition coefficient (Wildman–Crippen LogP) is 6.02. The Morgan fingerprint density at radius 1 is 0.929 bits per heavy atom. The summed E-state index contributed by atoms with van der Waals surface area (Å²) in [6.07, 6.45) is 12.9. The van der Waals surface area contributed by atoms with E-state index in [0.29, 0.717) is 5.92 Å². The minimum Gasteiger partial charge on any atom is -0.381 e. The summed E-state index contributed by atoms with van der Waals surface area (Å²) in [4.78, 5) is 2.87. The molecule has 2 heterocycles. The Bertz CT molecular complexity index is 720. The lowest BCUT2D eigenvalue weighted by atomic mass is 9.67. The van der Waals surface area contributed by atoms with Gasteiger partial charge in [0.1, 0.15) is 0 Å². The van der Waals surface area contributed by atoms with E-state index in [0.717, 1.165) is 30.6 Å². The molecule has 1 aromatic carbocycles. The molecule has 0 radical (unpaired) electrons. The largest absolute Gasteiger partial charge is 0.381 e. The van der Waals surface area contributed by atoms with Gasteiger partial charge in [0, 0.05) is 18.6 Å². The zero-order chi connectivity index (χ0) is 19.3. The van der Waals surface area contributed by atoms with E-state index < -0.39 is 0 Å². The van der Waals surface area contributed by atoms with Gasteiger partial charge in [0.05, 0.1) is 6.61 Å². The summed E-state index contributed by atoms with van der Waals surface area (Å²) in [7, 11) is 0. The van der Waals surface area contributed by atoms with Crippen LogP contribution in [0.4, 0.5) is 0 Å². The second kappa shape index (κ2) is 7.43. The maximum absolute atomic E-state index is 5.79. The van der Waals surface area contributed by atoms with Gasteiger partial charge in [-0.25, -0.2) is 0 Å². The minimum absolute atomic E-state index is 0.626. The minimum atomic E-state index is 0.626. The molecule has 0 N–H and O–H groups in total. The van der Waals surface area contributed by atoms with E-state index in [9.17, 15) is 0 Å². The lowest BCUT2D eigenvalue weighted by molar-refractivity contribution is 0.104. The van der Waals surface area contributed by atoms with Crippen LogP contribution in [-0.4, -0.2) is 37.2 Å². The van der Waals surface area contributed by atoms with E-state index in [4.69, 9.17) is 4.74 Å². The summed E-state index contributed by atoms with van der Waals surface area (Å²) >= 11 is 0. The highest BCUT2D eigenvalue weighted by Gasteiger charge is 2.45. The monoisotopic (exact) mass is 381 g/mol. The molecular formula is C26H39NO. The number of likely N-dealkylation sites (tertiary alicyclic amines) is 1. The van der Waals surface area contributed by atoms with Gasteiger partial charge in [0.15, 0.2) is 0 Å². The molecule has 5 rings (SSSR count). The Balaban J connectivity index is 1.32. The molecule has 2 atom stereocenters. The molecule has 1 unspecified atom stereocenters. The Morgan fingerprint density at radius 3 is 2.32 bits per heavy atom. The lowest BCUT2D eigenvalue weighted by Crippen LogP contribution is -2.41. The van der Waals surface area contributed by atoms with Crippen molar-refractivity contribution in [2.45, 2.75) is 96.4 Å². The van der Waals surface area contributed by atoms with Crippen molar-refractivity contribution in [3.05, 3.63) is 33.9 Å². The highest BCUT2D eigenvalue weighted by molar-refractivity contribution is 5.48. The third-order valence-corrected chi connectivity index (χ3v) is 9.16. The fourth-order valence-electron chi connectivity index (χ4n) is 6.97. The number of hydrogen-bond acceptors (Lipinski definition) is 2. The SMILES string of the molecule is Cc1cc(C2CCN([C@@H]3CCC4(CCC4)C3)CC2)c(C2CCOC2)c(C)c1C. The van der Waals surface area contributed by atoms with Crippen LogP contribution in [0, 0.1) is 26.2 Å². The highest BCUT2D eigenvalue weighted by atomic mass is 16.5. The Morgan fingerprint density at radius 2 is 1.71 bits per heavy atom. The number of ether oxygens (including phenoxy) is 1. The van der Waals surface area contributed by atoms with Gasteiger partial charge in [0.2, 0.25) is 0 Å². The Labute approximate surface area is 172 Å². The lowest BCUT2D eigenvalue weighted by Gasteiger charge is -2.41. The van der Waals surface area contributed by atoms with Gasteiger partial charge in [-0.05, 0) is 124 Å². The fraction of sp³-hybridized carbons (Fsp3) is 0.769. The van der Waals surface area contributed by atoms with Crippen LogP contribution in [0.15, 0.2) is 6.07 Å². The van der Waals surface area contributed by atoms with E-state index in [1.54, 1.807) is 16.7 Å². The number of nitrogens with zero attached hydrogens (tertiary/aromatic N) is 1. The Hall–Kier alpha value is -0.860.